The first-order chi connectivity index (χ1) is 10.3. The molecule has 0 amide bonds. The Bertz CT molecular complexity index is 613. The van der Waals surface area contributed by atoms with Crippen molar-refractivity contribution < 1.29 is 9.47 Å². The van der Waals surface area contributed by atoms with E-state index in [1.54, 1.807) is 0 Å². The van der Waals surface area contributed by atoms with Gasteiger partial charge >= 0.3 is 0 Å². The molecule has 21 heavy (non-hydrogen) atoms. The Hall–Kier alpha value is -1.52. The van der Waals surface area contributed by atoms with E-state index in [9.17, 15) is 0 Å². The Morgan fingerprint density at radius 3 is 2.62 bits per heavy atom. The van der Waals surface area contributed by atoms with Gasteiger partial charge < -0.3 is 14.8 Å². The van der Waals surface area contributed by atoms with Crippen molar-refractivity contribution >= 4 is 15.9 Å². The number of hydrogen-bond donors (Lipinski definition) is 1. The Morgan fingerprint density at radius 2 is 1.86 bits per heavy atom. The summed E-state index contributed by atoms with van der Waals surface area (Å²) in [6.45, 7) is 3.37. The standard InChI is InChI=1S/C17H18BrNO2/c1-2-19-15(9-12-3-6-14(18)7-4-12)13-5-8-16-17(10-13)21-11-20-16/h3-8,10,15,19H,2,9,11H2,1H3. The molecule has 1 N–H and O–H groups in total. The molecule has 2 aromatic rings. The highest BCUT2D eigenvalue weighted by molar-refractivity contribution is 9.10. The van der Waals surface area contributed by atoms with Crippen LogP contribution in [-0.2, 0) is 6.42 Å². The molecule has 1 aliphatic heterocycles. The number of benzene rings is 2. The first-order valence-corrected chi connectivity index (χ1v) is 7.93. The molecule has 0 bridgehead atoms. The lowest BCUT2D eigenvalue weighted by Crippen LogP contribution is -2.22. The molecule has 1 aliphatic rings. The fraction of sp³-hybridized carbons (Fsp3) is 0.294. The van der Waals surface area contributed by atoms with Gasteiger partial charge in [0, 0.05) is 10.5 Å². The van der Waals surface area contributed by atoms with E-state index in [0.717, 1.165) is 28.9 Å². The second-order valence-corrected chi connectivity index (χ2v) is 5.97. The maximum atomic E-state index is 5.48. The summed E-state index contributed by atoms with van der Waals surface area (Å²) < 4.78 is 12.0. The molecule has 110 valence electrons. The number of likely N-dealkylation sites (N-methyl/N-ethyl adjacent to an activating group) is 1. The summed E-state index contributed by atoms with van der Waals surface area (Å²) >= 11 is 3.48. The SMILES string of the molecule is CCNC(Cc1ccc(Br)cc1)c1ccc2c(c1)OCO2. The quantitative estimate of drug-likeness (QED) is 0.884. The second kappa shape index (κ2) is 6.50. The molecule has 0 fully saturated rings. The minimum atomic E-state index is 0.269. The zero-order chi connectivity index (χ0) is 14.7. The van der Waals surface area contributed by atoms with Gasteiger partial charge in [0.1, 0.15) is 0 Å². The lowest BCUT2D eigenvalue weighted by atomic mass is 9.98. The van der Waals surface area contributed by atoms with Crippen molar-refractivity contribution in [3.63, 3.8) is 0 Å². The summed E-state index contributed by atoms with van der Waals surface area (Å²) in [5, 5.41) is 3.55. The molecule has 1 heterocycles. The van der Waals surface area contributed by atoms with Crippen molar-refractivity contribution in [1.29, 1.82) is 0 Å². The van der Waals surface area contributed by atoms with Crippen LogP contribution < -0.4 is 14.8 Å². The zero-order valence-corrected chi connectivity index (χ0v) is 13.5. The van der Waals surface area contributed by atoms with Crippen LogP contribution in [0.4, 0.5) is 0 Å². The van der Waals surface area contributed by atoms with E-state index in [0.29, 0.717) is 6.79 Å². The normalized spacial score (nSPS) is 14.2. The highest BCUT2D eigenvalue weighted by Crippen LogP contribution is 2.34. The van der Waals surface area contributed by atoms with Gasteiger partial charge in [0.05, 0.1) is 0 Å². The zero-order valence-electron chi connectivity index (χ0n) is 11.9. The highest BCUT2D eigenvalue weighted by atomic mass is 79.9. The summed E-state index contributed by atoms with van der Waals surface area (Å²) in [6.07, 6.45) is 0.945. The van der Waals surface area contributed by atoms with E-state index < -0.39 is 0 Å². The number of hydrogen-bond acceptors (Lipinski definition) is 3. The summed E-state index contributed by atoms with van der Waals surface area (Å²) in [4.78, 5) is 0. The lowest BCUT2D eigenvalue weighted by Gasteiger charge is -2.19. The van der Waals surface area contributed by atoms with Crippen LogP contribution in [0.25, 0.3) is 0 Å². The Labute approximate surface area is 133 Å². The molecule has 0 aromatic heterocycles. The molecule has 0 saturated carbocycles. The van der Waals surface area contributed by atoms with Gasteiger partial charge in [0.15, 0.2) is 11.5 Å². The smallest absolute Gasteiger partial charge is 0.231 e. The van der Waals surface area contributed by atoms with Gasteiger partial charge in [-0.05, 0) is 48.4 Å². The minimum absolute atomic E-state index is 0.269. The van der Waals surface area contributed by atoms with Gasteiger partial charge in [-0.1, -0.05) is 41.1 Å². The van der Waals surface area contributed by atoms with Gasteiger partial charge in [-0.25, -0.2) is 0 Å². The van der Waals surface area contributed by atoms with Crippen molar-refractivity contribution in [3.05, 3.63) is 58.1 Å². The minimum Gasteiger partial charge on any atom is -0.454 e. The lowest BCUT2D eigenvalue weighted by molar-refractivity contribution is 0.174. The van der Waals surface area contributed by atoms with E-state index in [1.807, 2.05) is 6.07 Å². The van der Waals surface area contributed by atoms with Crippen molar-refractivity contribution in [2.45, 2.75) is 19.4 Å². The topological polar surface area (TPSA) is 30.5 Å². The van der Waals surface area contributed by atoms with Crippen LogP contribution in [-0.4, -0.2) is 13.3 Å². The van der Waals surface area contributed by atoms with Crippen molar-refractivity contribution in [3.8, 4) is 11.5 Å². The molecule has 1 unspecified atom stereocenters. The number of ether oxygens (including phenoxy) is 2. The molecule has 0 saturated heterocycles. The summed E-state index contributed by atoms with van der Waals surface area (Å²) in [6, 6.07) is 14.9. The number of rotatable bonds is 5. The van der Waals surface area contributed by atoms with Crippen LogP contribution in [0, 0.1) is 0 Å². The number of halogens is 1. The third-order valence-corrected chi connectivity index (χ3v) is 4.13. The van der Waals surface area contributed by atoms with E-state index in [1.165, 1.54) is 11.1 Å². The van der Waals surface area contributed by atoms with Gasteiger partial charge in [0.25, 0.3) is 0 Å². The average molecular weight is 348 g/mol. The average Bonchev–Trinajstić information content (AvgIpc) is 2.96. The van der Waals surface area contributed by atoms with E-state index in [4.69, 9.17) is 9.47 Å². The number of nitrogens with one attached hydrogen (secondary N) is 1. The molecular formula is C17H18BrNO2. The third kappa shape index (κ3) is 3.39. The van der Waals surface area contributed by atoms with Crippen molar-refractivity contribution in [2.75, 3.05) is 13.3 Å². The molecule has 2 aromatic carbocycles. The second-order valence-electron chi connectivity index (χ2n) is 5.05. The molecule has 0 aliphatic carbocycles. The summed E-state index contributed by atoms with van der Waals surface area (Å²) in [5.74, 6) is 1.67. The largest absolute Gasteiger partial charge is 0.454 e. The first-order valence-electron chi connectivity index (χ1n) is 7.13. The molecule has 0 radical (unpaired) electrons. The molecular weight excluding hydrogens is 330 g/mol. The number of fused-ring (bicyclic) bond motifs is 1. The monoisotopic (exact) mass is 347 g/mol. The maximum Gasteiger partial charge on any atom is 0.231 e. The Balaban J connectivity index is 1.82. The van der Waals surface area contributed by atoms with Gasteiger partial charge in [-0.3, -0.25) is 0 Å². The molecule has 4 heteroatoms. The van der Waals surface area contributed by atoms with Crippen molar-refractivity contribution in [2.24, 2.45) is 0 Å². The van der Waals surface area contributed by atoms with E-state index >= 15 is 0 Å². The fourth-order valence-electron chi connectivity index (χ4n) is 2.54. The predicted octanol–water partition coefficient (Wildman–Crippen LogP) is 4.07. The molecule has 1 atom stereocenters. The van der Waals surface area contributed by atoms with Gasteiger partial charge in [-0.2, -0.15) is 0 Å². The first kappa shape index (κ1) is 14.4. The Kier molecular flexibility index (Phi) is 4.46. The van der Waals surface area contributed by atoms with Crippen LogP contribution in [0.1, 0.15) is 24.1 Å². The van der Waals surface area contributed by atoms with Crippen LogP contribution >= 0.6 is 15.9 Å². The van der Waals surface area contributed by atoms with Gasteiger partial charge in [-0.15, -0.1) is 0 Å². The van der Waals surface area contributed by atoms with Crippen LogP contribution in [0.5, 0.6) is 11.5 Å². The van der Waals surface area contributed by atoms with Crippen LogP contribution in [0.2, 0.25) is 0 Å². The van der Waals surface area contributed by atoms with E-state index in [-0.39, 0.29) is 6.04 Å². The molecule has 0 spiro atoms. The van der Waals surface area contributed by atoms with E-state index in [2.05, 4.69) is 64.6 Å². The van der Waals surface area contributed by atoms with Crippen molar-refractivity contribution in [1.82, 2.24) is 5.32 Å². The summed E-state index contributed by atoms with van der Waals surface area (Å²) in [7, 11) is 0. The third-order valence-electron chi connectivity index (χ3n) is 3.60. The predicted molar refractivity (Wildman–Crippen MR) is 86.8 cm³/mol. The van der Waals surface area contributed by atoms with Crippen LogP contribution in [0.15, 0.2) is 46.9 Å². The Morgan fingerprint density at radius 1 is 1.10 bits per heavy atom. The molecule has 3 nitrogen and oxygen atoms in total. The maximum absolute atomic E-state index is 5.48. The summed E-state index contributed by atoms with van der Waals surface area (Å²) in [5.41, 5.74) is 2.53. The fourth-order valence-corrected chi connectivity index (χ4v) is 2.80. The van der Waals surface area contributed by atoms with Gasteiger partial charge in [0.2, 0.25) is 6.79 Å². The highest BCUT2D eigenvalue weighted by Gasteiger charge is 2.17. The van der Waals surface area contributed by atoms with Crippen LogP contribution in [0.3, 0.4) is 0 Å². The molecule has 3 rings (SSSR count).